The zero-order valence-corrected chi connectivity index (χ0v) is 14.3. The largest absolute Gasteiger partial charge is 0.444 e. The molecular weight excluding hydrogens is 382 g/mol. The van der Waals surface area contributed by atoms with Crippen molar-refractivity contribution >= 4 is 33.4 Å². The number of likely N-dealkylation sites (N-methyl/N-ethyl adjacent to an activating group) is 1. The third-order valence-electron chi connectivity index (χ3n) is 3.15. The highest BCUT2D eigenvalue weighted by atomic mass is 79.9. The summed E-state index contributed by atoms with van der Waals surface area (Å²) in [7, 11) is 1.49. The standard InChI is InChI=1S/C15H14BrN3O5/c1-18(15(21)12-6-7-13(16)24-12)9-14(20)17-8-10-2-4-11(5-3-10)19(22)23/h2-7H,8-9H2,1H3,(H,17,20). The summed E-state index contributed by atoms with van der Waals surface area (Å²) >= 11 is 3.11. The predicted octanol–water partition coefficient (Wildman–Crippen LogP) is 2.34. The number of nitro groups is 1. The van der Waals surface area contributed by atoms with E-state index in [0.29, 0.717) is 4.67 Å². The zero-order chi connectivity index (χ0) is 17.7. The van der Waals surface area contributed by atoms with Crippen LogP contribution in [0.5, 0.6) is 0 Å². The molecule has 2 rings (SSSR count). The Bertz CT molecular complexity index is 757. The van der Waals surface area contributed by atoms with Crippen molar-refractivity contribution < 1.29 is 18.9 Å². The van der Waals surface area contributed by atoms with Gasteiger partial charge < -0.3 is 14.6 Å². The Morgan fingerprint density at radius 1 is 1.25 bits per heavy atom. The number of carbonyl (C=O) groups is 2. The molecule has 0 saturated carbocycles. The number of benzene rings is 1. The summed E-state index contributed by atoms with van der Waals surface area (Å²) in [4.78, 5) is 35.2. The Hall–Kier alpha value is -2.68. The van der Waals surface area contributed by atoms with Crippen LogP contribution in [-0.4, -0.2) is 35.2 Å². The van der Waals surface area contributed by atoms with Crippen LogP contribution in [0.1, 0.15) is 16.1 Å². The van der Waals surface area contributed by atoms with Crippen LogP contribution < -0.4 is 5.32 Å². The van der Waals surface area contributed by atoms with Gasteiger partial charge in [-0.3, -0.25) is 19.7 Å². The van der Waals surface area contributed by atoms with Crippen LogP contribution >= 0.6 is 15.9 Å². The van der Waals surface area contributed by atoms with Crippen LogP contribution in [0.25, 0.3) is 0 Å². The molecule has 2 amide bonds. The summed E-state index contributed by atoms with van der Waals surface area (Å²) in [5.41, 5.74) is 0.706. The molecule has 8 nitrogen and oxygen atoms in total. The Morgan fingerprint density at radius 2 is 1.92 bits per heavy atom. The van der Waals surface area contributed by atoms with Crippen molar-refractivity contribution in [1.29, 1.82) is 0 Å². The van der Waals surface area contributed by atoms with Gasteiger partial charge in [0.1, 0.15) is 0 Å². The first kappa shape index (κ1) is 17.7. The molecule has 0 saturated heterocycles. The summed E-state index contributed by atoms with van der Waals surface area (Å²) < 4.78 is 5.58. The Balaban J connectivity index is 1.84. The van der Waals surface area contributed by atoms with Gasteiger partial charge in [0.15, 0.2) is 10.4 Å². The fourth-order valence-electron chi connectivity index (χ4n) is 1.90. The third-order valence-corrected chi connectivity index (χ3v) is 3.57. The van der Waals surface area contributed by atoms with Gasteiger partial charge in [-0.05, 0) is 33.6 Å². The van der Waals surface area contributed by atoms with Crippen LogP contribution in [0.3, 0.4) is 0 Å². The van der Waals surface area contributed by atoms with Crippen molar-refractivity contribution in [1.82, 2.24) is 10.2 Å². The van der Waals surface area contributed by atoms with E-state index in [2.05, 4.69) is 21.2 Å². The van der Waals surface area contributed by atoms with Gasteiger partial charge in [-0.2, -0.15) is 0 Å². The first-order valence-electron chi connectivity index (χ1n) is 6.87. The average molecular weight is 396 g/mol. The van der Waals surface area contributed by atoms with E-state index in [1.807, 2.05) is 0 Å². The van der Waals surface area contributed by atoms with Gasteiger partial charge in [0.2, 0.25) is 5.91 Å². The molecule has 0 aliphatic rings. The van der Waals surface area contributed by atoms with E-state index in [9.17, 15) is 19.7 Å². The minimum Gasteiger partial charge on any atom is -0.444 e. The second kappa shape index (κ2) is 7.73. The molecule has 2 aromatic rings. The molecule has 0 radical (unpaired) electrons. The van der Waals surface area contributed by atoms with Crippen molar-refractivity contribution in [3.05, 3.63) is 62.5 Å². The first-order valence-corrected chi connectivity index (χ1v) is 7.67. The molecule has 1 heterocycles. The summed E-state index contributed by atoms with van der Waals surface area (Å²) in [6.07, 6.45) is 0. The number of furan rings is 1. The molecule has 1 N–H and O–H groups in total. The van der Waals surface area contributed by atoms with Gasteiger partial charge in [0, 0.05) is 25.7 Å². The van der Waals surface area contributed by atoms with Crippen LogP contribution in [0.2, 0.25) is 0 Å². The number of hydrogen-bond donors (Lipinski definition) is 1. The van der Waals surface area contributed by atoms with Crippen LogP contribution in [0.15, 0.2) is 45.5 Å². The van der Waals surface area contributed by atoms with E-state index in [4.69, 9.17) is 4.42 Å². The van der Waals surface area contributed by atoms with Crippen LogP contribution in [0, 0.1) is 10.1 Å². The summed E-state index contributed by atoms with van der Waals surface area (Å²) in [5, 5.41) is 13.2. The van der Waals surface area contributed by atoms with E-state index in [-0.39, 0.29) is 30.4 Å². The molecule has 0 unspecified atom stereocenters. The maximum absolute atomic E-state index is 12.0. The molecule has 0 spiro atoms. The molecule has 0 atom stereocenters. The lowest BCUT2D eigenvalue weighted by Crippen LogP contribution is -2.38. The second-order valence-electron chi connectivity index (χ2n) is 4.97. The van der Waals surface area contributed by atoms with Crippen molar-refractivity contribution in [2.75, 3.05) is 13.6 Å². The molecule has 0 aliphatic carbocycles. The van der Waals surface area contributed by atoms with E-state index in [0.717, 1.165) is 5.56 Å². The molecule has 1 aromatic heterocycles. The number of nitrogens with zero attached hydrogens (tertiary/aromatic N) is 2. The summed E-state index contributed by atoms with van der Waals surface area (Å²) in [5.74, 6) is -0.631. The highest BCUT2D eigenvalue weighted by Crippen LogP contribution is 2.15. The molecule has 1 aromatic carbocycles. The number of carbonyl (C=O) groups excluding carboxylic acids is 2. The molecule has 9 heteroatoms. The zero-order valence-electron chi connectivity index (χ0n) is 12.7. The Kier molecular flexibility index (Phi) is 5.69. The fraction of sp³-hybridized carbons (Fsp3) is 0.200. The highest BCUT2D eigenvalue weighted by Gasteiger charge is 2.18. The van der Waals surface area contributed by atoms with E-state index in [1.54, 1.807) is 18.2 Å². The van der Waals surface area contributed by atoms with Gasteiger partial charge in [-0.15, -0.1) is 0 Å². The SMILES string of the molecule is CN(CC(=O)NCc1ccc([N+](=O)[O-])cc1)C(=O)c1ccc(Br)o1. The summed E-state index contributed by atoms with van der Waals surface area (Å²) in [6.45, 7) is 0.0787. The average Bonchev–Trinajstić information content (AvgIpc) is 2.99. The molecule has 24 heavy (non-hydrogen) atoms. The quantitative estimate of drug-likeness (QED) is 0.596. The van der Waals surface area contributed by atoms with Gasteiger partial charge in [-0.1, -0.05) is 12.1 Å². The maximum atomic E-state index is 12.0. The first-order chi connectivity index (χ1) is 11.4. The number of amides is 2. The van der Waals surface area contributed by atoms with Gasteiger partial charge in [0.25, 0.3) is 11.6 Å². The molecule has 0 aliphatic heterocycles. The number of non-ortho nitro benzene ring substituents is 1. The molecular formula is C15H14BrN3O5. The topological polar surface area (TPSA) is 106 Å². The maximum Gasteiger partial charge on any atom is 0.289 e. The lowest BCUT2D eigenvalue weighted by molar-refractivity contribution is -0.384. The Labute approximate surface area is 145 Å². The lowest BCUT2D eigenvalue weighted by atomic mass is 10.2. The van der Waals surface area contributed by atoms with Crippen LogP contribution in [-0.2, 0) is 11.3 Å². The number of hydrogen-bond acceptors (Lipinski definition) is 5. The molecule has 0 bridgehead atoms. The minimum atomic E-state index is -0.490. The van der Waals surface area contributed by atoms with Crippen molar-refractivity contribution in [2.45, 2.75) is 6.54 Å². The smallest absolute Gasteiger partial charge is 0.289 e. The Morgan fingerprint density at radius 3 is 2.46 bits per heavy atom. The lowest BCUT2D eigenvalue weighted by Gasteiger charge is -2.15. The van der Waals surface area contributed by atoms with E-state index < -0.39 is 10.8 Å². The molecule has 0 fully saturated rings. The van der Waals surface area contributed by atoms with Crippen molar-refractivity contribution in [2.24, 2.45) is 0 Å². The number of nitro benzene ring substituents is 1. The third kappa shape index (κ3) is 4.66. The second-order valence-corrected chi connectivity index (χ2v) is 5.75. The molecule has 126 valence electrons. The van der Waals surface area contributed by atoms with E-state index in [1.165, 1.54) is 30.1 Å². The number of halogens is 1. The van der Waals surface area contributed by atoms with Crippen molar-refractivity contribution in [3.63, 3.8) is 0 Å². The number of rotatable bonds is 6. The monoisotopic (exact) mass is 395 g/mol. The highest BCUT2D eigenvalue weighted by molar-refractivity contribution is 9.10. The van der Waals surface area contributed by atoms with Gasteiger partial charge in [-0.25, -0.2) is 0 Å². The van der Waals surface area contributed by atoms with E-state index >= 15 is 0 Å². The minimum absolute atomic E-state index is 0.0139. The van der Waals surface area contributed by atoms with Gasteiger partial charge >= 0.3 is 0 Å². The normalized spacial score (nSPS) is 10.2. The van der Waals surface area contributed by atoms with Crippen LogP contribution in [0.4, 0.5) is 5.69 Å². The summed E-state index contributed by atoms with van der Waals surface area (Å²) in [6, 6.07) is 8.96. The fourth-order valence-corrected chi connectivity index (χ4v) is 2.20. The predicted molar refractivity (Wildman–Crippen MR) is 88.3 cm³/mol. The number of nitrogens with one attached hydrogen (secondary N) is 1. The van der Waals surface area contributed by atoms with Crippen molar-refractivity contribution in [3.8, 4) is 0 Å². The van der Waals surface area contributed by atoms with Gasteiger partial charge in [0.05, 0.1) is 11.5 Å².